The van der Waals surface area contributed by atoms with Crippen LogP contribution in [0.15, 0.2) is 55.1 Å². The maximum Gasteiger partial charge on any atom is 0.290 e. The maximum atomic E-state index is 3.94. The van der Waals surface area contributed by atoms with Crippen LogP contribution in [0.3, 0.4) is 0 Å². The van der Waals surface area contributed by atoms with E-state index in [0.717, 1.165) is 6.54 Å². The second kappa shape index (κ2) is 6.27. The molecular weight excluding hydrogens is 324 g/mol. The lowest BCUT2D eigenvalue weighted by molar-refractivity contribution is -0.634. The van der Waals surface area contributed by atoms with Crippen molar-refractivity contribution in [2.45, 2.75) is 13.5 Å². The Morgan fingerprint density at radius 2 is 1.76 bits per heavy atom. The van der Waals surface area contributed by atoms with Gasteiger partial charge < -0.3 is 17.0 Å². The smallest absolute Gasteiger partial charge is 0.290 e. The van der Waals surface area contributed by atoms with E-state index in [9.17, 15) is 0 Å². The SMILES string of the molecule is C=Cc1ccccc1-c1n(CC)c2ccccc2[n+]1C.[Br-]. The molecule has 0 bridgehead atoms. The van der Waals surface area contributed by atoms with Crippen LogP contribution in [0, 0.1) is 0 Å². The zero-order valence-corrected chi connectivity index (χ0v) is 14.0. The van der Waals surface area contributed by atoms with E-state index in [1.807, 2.05) is 6.08 Å². The zero-order chi connectivity index (χ0) is 14.1. The molecule has 2 nitrogen and oxygen atoms in total. The highest BCUT2D eigenvalue weighted by Crippen LogP contribution is 2.26. The second-order valence-corrected chi connectivity index (χ2v) is 4.91. The summed E-state index contributed by atoms with van der Waals surface area (Å²) in [6.07, 6.45) is 1.92. The Morgan fingerprint density at radius 1 is 1.10 bits per heavy atom. The first-order valence-electron chi connectivity index (χ1n) is 6.97. The molecule has 3 heteroatoms. The first-order valence-corrected chi connectivity index (χ1v) is 6.97. The molecular formula is C18H19BrN2. The topological polar surface area (TPSA) is 8.81 Å². The monoisotopic (exact) mass is 342 g/mol. The summed E-state index contributed by atoms with van der Waals surface area (Å²) in [6.45, 7) is 7.07. The molecule has 0 saturated heterocycles. The Hall–Kier alpha value is -1.87. The van der Waals surface area contributed by atoms with Crippen molar-refractivity contribution in [2.75, 3.05) is 0 Å². The van der Waals surface area contributed by atoms with Crippen molar-refractivity contribution >= 4 is 17.1 Å². The Kier molecular flexibility index (Phi) is 4.63. The Bertz CT molecular complexity index is 787. The Morgan fingerprint density at radius 3 is 2.48 bits per heavy atom. The fourth-order valence-corrected chi connectivity index (χ4v) is 2.91. The summed E-state index contributed by atoms with van der Waals surface area (Å²) in [5, 5.41) is 0. The summed E-state index contributed by atoms with van der Waals surface area (Å²) >= 11 is 0. The van der Waals surface area contributed by atoms with Gasteiger partial charge in [0.1, 0.15) is 0 Å². The lowest BCUT2D eigenvalue weighted by Crippen LogP contribution is -3.00. The van der Waals surface area contributed by atoms with Crippen molar-refractivity contribution in [3.63, 3.8) is 0 Å². The molecule has 1 heterocycles. The second-order valence-electron chi connectivity index (χ2n) is 4.91. The van der Waals surface area contributed by atoms with Gasteiger partial charge in [0.15, 0.2) is 11.0 Å². The van der Waals surface area contributed by atoms with Crippen LogP contribution >= 0.6 is 0 Å². The summed E-state index contributed by atoms with van der Waals surface area (Å²) in [5.41, 5.74) is 4.92. The van der Waals surface area contributed by atoms with Crippen molar-refractivity contribution in [3.05, 3.63) is 60.7 Å². The molecule has 0 aliphatic rings. The van der Waals surface area contributed by atoms with Crippen molar-refractivity contribution in [1.82, 2.24) is 4.57 Å². The van der Waals surface area contributed by atoms with Gasteiger partial charge in [-0.15, -0.1) is 0 Å². The van der Waals surface area contributed by atoms with Gasteiger partial charge in [0, 0.05) is 0 Å². The summed E-state index contributed by atoms with van der Waals surface area (Å²) < 4.78 is 4.62. The lowest BCUT2D eigenvalue weighted by Gasteiger charge is -2.04. The first-order chi connectivity index (χ1) is 9.77. The van der Waals surface area contributed by atoms with E-state index in [1.165, 1.54) is 28.0 Å². The molecule has 0 unspecified atom stereocenters. The van der Waals surface area contributed by atoms with E-state index in [-0.39, 0.29) is 17.0 Å². The third-order valence-corrected chi connectivity index (χ3v) is 3.85. The molecule has 0 amide bonds. The van der Waals surface area contributed by atoms with Gasteiger partial charge >= 0.3 is 0 Å². The van der Waals surface area contributed by atoms with Crippen molar-refractivity contribution < 1.29 is 21.5 Å². The lowest BCUT2D eigenvalue weighted by atomic mass is 10.1. The fraction of sp³-hybridized carbons (Fsp3) is 0.167. The predicted octanol–water partition coefficient (Wildman–Crippen LogP) is 0.800. The van der Waals surface area contributed by atoms with Crippen LogP contribution in [0.25, 0.3) is 28.5 Å². The molecule has 0 spiro atoms. The third kappa shape index (κ3) is 2.42. The quantitative estimate of drug-likeness (QED) is 0.622. The summed E-state index contributed by atoms with van der Waals surface area (Å²) in [5.74, 6) is 1.23. The number of rotatable bonds is 3. The highest BCUT2D eigenvalue weighted by molar-refractivity contribution is 5.78. The molecule has 1 aromatic heterocycles. The molecule has 0 atom stereocenters. The minimum Gasteiger partial charge on any atom is -1.00 e. The molecule has 21 heavy (non-hydrogen) atoms. The number of benzene rings is 2. The van der Waals surface area contributed by atoms with E-state index in [4.69, 9.17) is 0 Å². The highest BCUT2D eigenvalue weighted by atomic mass is 79.9. The number of hydrogen-bond acceptors (Lipinski definition) is 0. The van der Waals surface area contributed by atoms with Crippen LogP contribution in [0.1, 0.15) is 12.5 Å². The number of hydrogen-bond donors (Lipinski definition) is 0. The molecule has 108 valence electrons. The molecule has 0 saturated carbocycles. The number of imidazole rings is 1. The van der Waals surface area contributed by atoms with Gasteiger partial charge in [-0.1, -0.05) is 43.0 Å². The zero-order valence-electron chi connectivity index (χ0n) is 12.4. The van der Waals surface area contributed by atoms with Crippen molar-refractivity contribution in [3.8, 4) is 11.4 Å². The molecule has 0 fully saturated rings. The van der Waals surface area contributed by atoms with E-state index < -0.39 is 0 Å². The number of para-hydroxylation sites is 2. The van der Waals surface area contributed by atoms with Gasteiger partial charge in [-0.05, 0) is 30.7 Å². The third-order valence-electron chi connectivity index (χ3n) is 3.85. The molecule has 2 aromatic carbocycles. The van der Waals surface area contributed by atoms with Crippen LogP contribution in [0.4, 0.5) is 0 Å². The van der Waals surface area contributed by atoms with Gasteiger partial charge in [-0.3, -0.25) is 0 Å². The van der Waals surface area contributed by atoms with E-state index in [1.54, 1.807) is 0 Å². The molecule has 3 rings (SSSR count). The molecule has 0 radical (unpaired) electrons. The number of halogens is 1. The average molecular weight is 343 g/mol. The number of aromatic nitrogens is 2. The standard InChI is InChI=1S/C18H19N2.BrH/c1-4-14-10-6-7-11-15(14)18-19(3)16-12-8-9-13-17(16)20(18)5-2;/h4,6-13H,1,5H2,2-3H3;1H/q+1;/p-1. The summed E-state index contributed by atoms with van der Waals surface area (Å²) in [4.78, 5) is 0. The van der Waals surface area contributed by atoms with Crippen LogP contribution in [0.2, 0.25) is 0 Å². The number of fused-ring (bicyclic) bond motifs is 1. The maximum absolute atomic E-state index is 3.94. The Balaban J connectivity index is 0.00000161. The Labute approximate surface area is 136 Å². The first kappa shape index (κ1) is 15.5. The summed E-state index contributed by atoms with van der Waals surface area (Å²) in [7, 11) is 2.13. The van der Waals surface area contributed by atoms with Gasteiger partial charge in [0.05, 0.1) is 19.2 Å². The largest absolute Gasteiger partial charge is 1.00 e. The van der Waals surface area contributed by atoms with Crippen LogP contribution in [-0.4, -0.2) is 4.57 Å². The average Bonchev–Trinajstić information content (AvgIpc) is 2.80. The fourth-order valence-electron chi connectivity index (χ4n) is 2.91. The number of aryl methyl sites for hydroxylation is 2. The minimum atomic E-state index is 0. The summed E-state index contributed by atoms with van der Waals surface area (Å²) in [6, 6.07) is 16.9. The van der Waals surface area contributed by atoms with E-state index in [2.05, 4.69) is 78.2 Å². The molecule has 0 aliphatic heterocycles. The molecule has 0 aliphatic carbocycles. The normalized spacial score (nSPS) is 10.4. The predicted molar refractivity (Wildman–Crippen MR) is 84.3 cm³/mol. The van der Waals surface area contributed by atoms with Crippen LogP contribution < -0.4 is 21.5 Å². The van der Waals surface area contributed by atoms with E-state index >= 15 is 0 Å². The van der Waals surface area contributed by atoms with Gasteiger partial charge in [0.25, 0.3) is 5.82 Å². The van der Waals surface area contributed by atoms with E-state index in [0.29, 0.717) is 0 Å². The highest BCUT2D eigenvalue weighted by Gasteiger charge is 2.23. The molecule has 3 aromatic rings. The minimum absolute atomic E-state index is 0. The van der Waals surface area contributed by atoms with Gasteiger partial charge in [-0.2, -0.15) is 0 Å². The number of nitrogens with zero attached hydrogens (tertiary/aromatic N) is 2. The molecule has 0 N–H and O–H groups in total. The van der Waals surface area contributed by atoms with Crippen LogP contribution in [-0.2, 0) is 13.6 Å². The van der Waals surface area contributed by atoms with Gasteiger partial charge in [0.2, 0.25) is 0 Å². The van der Waals surface area contributed by atoms with Gasteiger partial charge in [-0.25, -0.2) is 9.13 Å². The van der Waals surface area contributed by atoms with Crippen molar-refractivity contribution in [1.29, 1.82) is 0 Å². The van der Waals surface area contributed by atoms with Crippen LogP contribution in [0.5, 0.6) is 0 Å². The van der Waals surface area contributed by atoms with Crippen molar-refractivity contribution in [2.24, 2.45) is 7.05 Å².